The number of thiophene rings is 1. The van der Waals surface area contributed by atoms with Gasteiger partial charge in [0.2, 0.25) is 0 Å². The van der Waals surface area contributed by atoms with Crippen LogP contribution in [0.4, 0.5) is 4.79 Å². The fourth-order valence-electron chi connectivity index (χ4n) is 5.20. The Hall–Kier alpha value is -3.82. The van der Waals surface area contributed by atoms with E-state index >= 15 is 0 Å². The molecular formula is C33H39N3O5S. The number of aromatic nitrogens is 1. The van der Waals surface area contributed by atoms with Crippen molar-refractivity contribution in [1.29, 1.82) is 0 Å². The molecule has 0 aliphatic carbocycles. The van der Waals surface area contributed by atoms with Crippen molar-refractivity contribution in [3.8, 4) is 22.6 Å². The number of carbonyl (C=O) groups excluding carboxylic acids is 1. The number of methoxy groups -OCH3 is 1. The van der Waals surface area contributed by atoms with Crippen LogP contribution in [-0.4, -0.2) is 58.8 Å². The first kappa shape index (κ1) is 29.7. The molecule has 1 atom stereocenters. The third-order valence-corrected chi connectivity index (χ3v) is 8.54. The minimum absolute atomic E-state index is 0.0203. The standard InChI is InChI=1S/C33H39N3O5S/c1-22-18-36(32(38)41-33(2,3)4)15-14-35(22)19-25-17-26-30(42-25)27(20-34(5)31(26)37)24-12-13-28(39-6)29(16-24)40-21-23-10-8-7-9-11-23/h7-13,16-17,20,22H,14-15,18-19,21H2,1-6H3. The molecule has 1 fully saturated rings. The SMILES string of the molecule is COc1ccc(-c2cn(C)c(=O)c3cc(CN4CCN(C(=O)OC(C)(C)C)CC4C)sc23)cc1OCc1ccccc1. The van der Waals surface area contributed by atoms with Crippen LogP contribution in [0.25, 0.3) is 21.2 Å². The molecule has 1 saturated heterocycles. The predicted molar refractivity (Wildman–Crippen MR) is 168 cm³/mol. The monoisotopic (exact) mass is 589 g/mol. The smallest absolute Gasteiger partial charge is 0.410 e. The van der Waals surface area contributed by atoms with Gasteiger partial charge in [0, 0.05) is 60.6 Å². The summed E-state index contributed by atoms with van der Waals surface area (Å²) in [5, 5.41) is 0.706. The number of ether oxygens (including phenoxy) is 3. The van der Waals surface area contributed by atoms with Gasteiger partial charge in [-0.05, 0) is 57.0 Å². The summed E-state index contributed by atoms with van der Waals surface area (Å²) in [5.74, 6) is 1.30. The Labute approximate surface area is 251 Å². The molecule has 42 heavy (non-hydrogen) atoms. The zero-order valence-corrected chi connectivity index (χ0v) is 26.0. The number of fused-ring (bicyclic) bond motifs is 1. The van der Waals surface area contributed by atoms with E-state index in [4.69, 9.17) is 14.2 Å². The predicted octanol–water partition coefficient (Wildman–Crippen LogP) is 6.30. The molecule has 0 saturated carbocycles. The second kappa shape index (κ2) is 12.2. The number of aryl methyl sites for hydroxylation is 1. The molecule has 1 aliphatic heterocycles. The van der Waals surface area contributed by atoms with E-state index < -0.39 is 5.60 Å². The van der Waals surface area contributed by atoms with Crippen molar-refractivity contribution < 1.29 is 19.0 Å². The zero-order valence-electron chi connectivity index (χ0n) is 25.2. The van der Waals surface area contributed by atoms with Crippen molar-refractivity contribution >= 4 is 27.5 Å². The van der Waals surface area contributed by atoms with Crippen LogP contribution < -0.4 is 15.0 Å². The normalized spacial score (nSPS) is 16.0. The summed E-state index contributed by atoms with van der Waals surface area (Å²) in [5.41, 5.74) is 2.45. The topological polar surface area (TPSA) is 73.2 Å². The van der Waals surface area contributed by atoms with E-state index in [2.05, 4.69) is 11.8 Å². The summed E-state index contributed by atoms with van der Waals surface area (Å²) in [6.07, 6.45) is 1.63. The quantitative estimate of drug-likeness (QED) is 0.252. The van der Waals surface area contributed by atoms with Gasteiger partial charge in [-0.1, -0.05) is 36.4 Å². The summed E-state index contributed by atoms with van der Waals surface area (Å²) in [4.78, 5) is 31.0. The maximum atomic E-state index is 13.2. The lowest BCUT2D eigenvalue weighted by Gasteiger charge is -2.40. The van der Waals surface area contributed by atoms with Crippen LogP contribution in [0.3, 0.4) is 0 Å². The Morgan fingerprint density at radius 1 is 1.05 bits per heavy atom. The minimum atomic E-state index is -0.517. The van der Waals surface area contributed by atoms with E-state index in [-0.39, 0.29) is 17.7 Å². The van der Waals surface area contributed by atoms with E-state index in [1.165, 1.54) is 0 Å². The fourth-order valence-corrected chi connectivity index (χ4v) is 6.41. The van der Waals surface area contributed by atoms with Gasteiger partial charge in [0.25, 0.3) is 5.56 Å². The molecule has 1 amide bonds. The molecule has 5 rings (SSSR count). The van der Waals surface area contributed by atoms with Crippen LogP contribution in [-0.2, 0) is 24.9 Å². The van der Waals surface area contributed by atoms with Gasteiger partial charge in [-0.2, -0.15) is 0 Å². The number of rotatable bonds is 7. The first-order chi connectivity index (χ1) is 20.0. The van der Waals surface area contributed by atoms with Crippen LogP contribution in [0.5, 0.6) is 11.5 Å². The van der Waals surface area contributed by atoms with E-state index in [1.54, 1.807) is 35.0 Å². The molecule has 0 bridgehead atoms. The second-order valence-corrected chi connectivity index (χ2v) is 12.9. The summed E-state index contributed by atoms with van der Waals surface area (Å²) < 4.78 is 19.9. The van der Waals surface area contributed by atoms with Gasteiger partial charge >= 0.3 is 6.09 Å². The molecule has 9 heteroatoms. The van der Waals surface area contributed by atoms with Gasteiger partial charge in [-0.15, -0.1) is 11.3 Å². The zero-order chi connectivity index (χ0) is 30.0. The van der Waals surface area contributed by atoms with E-state index in [0.29, 0.717) is 43.1 Å². The molecular weight excluding hydrogens is 550 g/mol. The second-order valence-electron chi connectivity index (χ2n) is 11.8. The Morgan fingerprint density at radius 3 is 2.50 bits per heavy atom. The first-order valence-corrected chi connectivity index (χ1v) is 15.0. The largest absolute Gasteiger partial charge is 0.493 e. The average Bonchev–Trinajstić information content (AvgIpc) is 3.38. The Morgan fingerprint density at radius 2 is 1.81 bits per heavy atom. The van der Waals surface area contributed by atoms with E-state index in [9.17, 15) is 9.59 Å². The first-order valence-electron chi connectivity index (χ1n) is 14.2. The van der Waals surface area contributed by atoms with E-state index in [0.717, 1.165) is 32.8 Å². The number of amides is 1. The fraction of sp³-hybridized carbons (Fsp3) is 0.394. The number of carbonyl (C=O) groups is 1. The number of hydrogen-bond donors (Lipinski definition) is 0. The highest BCUT2D eigenvalue weighted by atomic mass is 32.1. The van der Waals surface area contributed by atoms with Gasteiger partial charge in [0.15, 0.2) is 11.5 Å². The maximum absolute atomic E-state index is 13.2. The van der Waals surface area contributed by atoms with Crippen molar-refractivity contribution in [1.82, 2.24) is 14.4 Å². The maximum Gasteiger partial charge on any atom is 0.410 e. The van der Waals surface area contributed by atoms with Crippen molar-refractivity contribution in [2.75, 3.05) is 26.7 Å². The summed E-state index contributed by atoms with van der Waals surface area (Å²) in [6, 6.07) is 18.1. The van der Waals surface area contributed by atoms with Crippen molar-refractivity contribution in [2.24, 2.45) is 7.05 Å². The molecule has 2 aromatic heterocycles. The molecule has 2 aromatic carbocycles. The molecule has 1 unspecified atom stereocenters. The molecule has 0 spiro atoms. The van der Waals surface area contributed by atoms with Crippen LogP contribution in [0.2, 0.25) is 0 Å². The van der Waals surface area contributed by atoms with Crippen molar-refractivity contribution in [3.63, 3.8) is 0 Å². The average molecular weight is 590 g/mol. The highest BCUT2D eigenvalue weighted by molar-refractivity contribution is 7.19. The van der Waals surface area contributed by atoms with Crippen LogP contribution in [0.1, 0.15) is 38.1 Å². The number of pyridine rings is 1. The number of benzene rings is 2. The van der Waals surface area contributed by atoms with Crippen molar-refractivity contribution in [2.45, 2.75) is 52.5 Å². The third-order valence-electron chi connectivity index (χ3n) is 7.39. The van der Waals surface area contributed by atoms with Crippen LogP contribution >= 0.6 is 11.3 Å². The van der Waals surface area contributed by atoms with E-state index in [1.807, 2.05) is 81.6 Å². The minimum Gasteiger partial charge on any atom is -0.493 e. The van der Waals surface area contributed by atoms with Gasteiger partial charge in [0.1, 0.15) is 12.2 Å². The summed E-state index contributed by atoms with van der Waals surface area (Å²) in [7, 11) is 3.42. The molecule has 0 radical (unpaired) electrons. The van der Waals surface area contributed by atoms with Gasteiger partial charge in [-0.3, -0.25) is 9.69 Å². The highest BCUT2D eigenvalue weighted by Crippen LogP contribution is 2.38. The van der Waals surface area contributed by atoms with Gasteiger partial charge < -0.3 is 23.7 Å². The number of piperazine rings is 1. The molecule has 3 heterocycles. The summed E-state index contributed by atoms with van der Waals surface area (Å²) in [6.45, 7) is 10.9. The van der Waals surface area contributed by atoms with Crippen molar-refractivity contribution in [3.05, 3.63) is 81.6 Å². The molecule has 4 aromatic rings. The van der Waals surface area contributed by atoms with Gasteiger partial charge in [0.05, 0.1) is 12.5 Å². The third kappa shape index (κ3) is 6.63. The molecule has 0 N–H and O–H groups in total. The summed E-state index contributed by atoms with van der Waals surface area (Å²) >= 11 is 1.65. The molecule has 1 aliphatic rings. The Bertz CT molecular complexity index is 1620. The lowest BCUT2D eigenvalue weighted by Crippen LogP contribution is -2.53. The number of nitrogens with zero attached hydrogens (tertiary/aromatic N) is 3. The Balaban J connectivity index is 1.39. The highest BCUT2D eigenvalue weighted by Gasteiger charge is 2.30. The molecule has 222 valence electrons. The van der Waals surface area contributed by atoms with Gasteiger partial charge in [-0.25, -0.2) is 4.79 Å². The Kier molecular flexibility index (Phi) is 8.61. The lowest BCUT2D eigenvalue weighted by atomic mass is 10.1. The number of hydrogen-bond acceptors (Lipinski definition) is 7. The lowest BCUT2D eigenvalue weighted by molar-refractivity contribution is 0.00475. The van der Waals surface area contributed by atoms with Crippen LogP contribution in [0.15, 0.2) is 65.6 Å². The molecule has 8 nitrogen and oxygen atoms in total. The van der Waals surface area contributed by atoms with Crippen LogP contribution in [0, 0.1) is 0 Å².